The highest BCUT2D eigenvalue weighted by Crippen LogP contribution is 2.34. The van der Waals surface area contributed by atoms with Crippen LogP contribution in [0.25, 0.3) is 5.57 Å². The molecule has 0 amide bonds. The summed E-state index contributed by atoms with van der Waals surface area (Å²) in [5, 5.41) is 3.38. The van der Waals surface area contributed by atoms with Crippen LogP contribution in [0.15, 0.2) is 73.3 Å². The molecule has 1 atom stereocenters. The predicted octanol–water partition coefficient (Wildman–Crippen LogP) is 7.09. The van der Waals surface area contributed by atoms with E-state index in [2.05, 4.69) is 73.3 Å². The van der Waals surface area contributed by atoms with Crippen molar-refractivity contribution in [3.8, 4) is 0 Å². The molecule has 4 rings (SSSR count). The van der Waals surface area contributed by atoms with E-state index in [0.29, 0.717) is 11.8 Å². The molecule has 1 unspecified atom stereocenters. The first-order valence-corrected chi connectivity index (χ1v) is 12.0. The lowest BCUT2D eigenvalue weighted by molar-refractivity contribution is 0.268. The quantitative estimate of drug-likeness (QED) is 0.534. The van der Waals surface area contributed by atoms with Gasteiger partial charge in [-0.15, -0.1) is 0 Å². The largest absolute Gasteiger partial charge is 0.372 e. The fraction of sp³-hybridized carbons (Fsp3) is 0.448. The van der Waals surface area contributed by atoms with E-state index >= 15 is 0 Å². The molecule has 1 aliphatic carbocycles. The van der Waals surface area contributed by atoms with Gasteiger partial charge in [0.15, 0.2) is 0 Å². The van der Waals surface area contributed by atoms with E-state index in [9.17, 15) is 0 Å². The van der Waals surface area contributed by atoms with Crippen LogP contribution in [0, 0.1) is 5.92 Å². The first kappa shape index (κ1) is 21.7. The number of nitrogens with one attached hydrogen (secondary N) is 1. The lowest BCUT2D eigenvalue weighted by Crippen LogP contribution is -2.32. The smallest absolute Gasteiger partial charge is 0.0322 e. The van der Waals surface area contributed by atoms with Gasteiger partial charge in [0, 0.05) is 30.2 Å². The standard InChI is InChI=1S/C29H38N2/c1-21(2)29-15-14-26(20-27(29)13-12-24-11-10-22(3)30-23(24)4)25-16-18-31(19-17-25)28-8-6-5-7-9-28/h6,8-9,14-15,20,24-25,30H,1,3-5,7,10-13,16-19H2,2H3. The van der Waals surface area contributed by atoms with Gasteiger partial charge < -0.3 is 10.2 Å². The maximum absolute atomic E-state index is 4.25. The zero-order valence-corrected chi connectivity index (χ0v) is 19.3. The lowest BCUT2D eigenvalue weighted by atomic mass is 9.84. The molecule has 1 N–H and O–H groups in total. The normalized spacial score (nSPS) is 22.3. The Morgan fingerprint density at radius 3 is 2.61 bits per heavy atom. The molecule has 164 valence electrons. The summed E-state index contributed by atoms with van der Waals surface area (Å²) in [6.45, 7) is 17.0. The van der Waals surface area contributed by atoms with Crippen molar-refractivity contribution >= 4 is 5.57 Å². The summed E-state index contributed by atoms with van der Waals surface area (Å²) >= 11 is 0. The number of aryl methyl sites for hydroxylation is 1. The second-order valence-corrected chi connectivity index (χ2v) is 9.60. The Hall–Kier alpha value is -2.48. The van der Waals surface area contributed by atoms with Crippen molar-refractivity contribution in [3.05, 3.63) is 89.9 Å². The van der Waals surface area contributed by atoms with Gasteiger partial charge in [-0.1, -0.05) is 55.7 Å². The second-order valence-electron chi connectivity index (χ2n) is 9.60. The van der Waals surface area contributed by atoms with E-state index in [4.69, 9.17) is 0 Å². The highest BCUT2D eigenvalue weighted by Gasteiger charge is 2.23. The van der Waals surface area contributed by atoms with E-state index in [1.807, 2.05) is 0 Å². The van der Waals surface area contributed by atoms with Crippen LogP contribution in [-0.4, -0.2) is 18.0 Å². The molecule has 2 nitrogen and oxygen atoms in total. The summed E-state index contributed by atoms with van der Waals surface area (Å²) in [5.41, 5.74) is 9.16. The van der Waals surface area contributed by atoms with Crippen LogP contribution in [0.4, 0.5) is 0 Å². The number of hydrogen-bond acceptors (Lipinski definition) is 2. The van der Waals surface area contributed by atoms with Crippen LogP contribution in [-0.2, 0) is 6.42 Å². The first-order chi connectivity index (χ1) is 15.0. The van der Waals surface area contributed by atoms with Crippen molar-refractivity contribution in [3.63, 3.8) is 0 Å². The molecule has 1 aromatic carbocycles. The molecule has 1 aromatic rings. The van der Waals surface area contributed by atoms with Gasteiger partial charge in [-0.05, 0) is 92.9 Å². The summed E-state index contributed by atoms with van der Waals surface area (Å²) in [6.07, 6.45) is 16.3. The van der Waals surface area contributed by atoms with Gasteiger partial charge in [-0.2, -0.15) is 0 Å². The molecule has 0 spiro atoms. The number of rotatable bonds is 6. The molecule has 2 heteroatoms. The zero-order chi connectivity index (χ0) is 21.8. The Morgan fingerprint density at radius 1 is 1.13 bits per heavy atom. The van der Waals surface area contributed by atoms with Crippen molar-refractivity contribution in [1.82, 2.24) is 10.2 Å². The summed E-state index contributed by atoms with van der Waals surface area (Å²) < 4.78 is 0. The van der Waals surface area contributed by atoms with E-state index in [0.717, 1.165) is 50.2 Å². The van der Waals surface area contributed by atoms with Crippen LogP contribution >= 0.6 is 0 Å². The van der Waals surface area contributed by atoms with E-state index < -0.39 is 0 Å². The minimum absolute atomic E-state index is 0.534. The number of nitrogens with zero attached hydrogens (tertiary/aromatic N) is 1. The minimum atomic E-state index is 0.534. The highest BCUT2D eigenvalue weighted by atomic mass is 15.1. The predicted molar refractivity (Wildman–Crippen MR) is 134 cm³/mol. The van der Waals surface area contributed by atoms with Gasteiger partial charge >= 0.3 is 0 Å². The summed E-state index contributed by atoms with van der Waals surface area (Å²) in [7, 11) is 0. The van der Waals surface area contributed by atoms with Gasteiger partial charge in [-0.25, -0.2) is 0 Å². The van der Waals surface area contributed by atoms with Gasteiger partial charge in [0.2, 0.25) is 0 Å². The number of benzene rings is 1. The van der Waals surface area contributed by atoms with Gasteiger partial charge in [-0.3, -0.25) is 0 Å². The molecule has 2 heterocycles. The Morgan fingerprint density at radius 2 is 1.94 bits per heavy atom. The second kappa shape index (κ2) is 9.77. The number of hydrogen-bond donors (Lipinski definition) is 1. The molecular formula is C29H38N2. The Kier molecular flexibility index (Phi) is 6.85. The van der Waals surface area contributed by atoms with Crippen LogP contribution in [0.5, 0.6) is 0 Å². The average molecular weight is 415 g/mol. The van der Waals surface area contributed by atoms with Crippen molar-refractivity contribution in [1.29, 1.82) is 0 Å². The Balaban J connectivity index is 1.43. The third kappa shape index (κ3) is 5.23. The van der Waals surface area contributed by atoms with E-state index in [1.165, 1.54) is 53.6 Å². The third-order valence-electron chi connectivity index (χ3n) is 7.28. The topological polar surface area (TPSA) is 15.3 Å². The molecule has 0 radical (unpaired) electrons. The number of allylic oxidation sites excluding steroid dienone is 6. The molecule has 2 saturated heterocycles. The third-order valence-corrected chi connectivity index (χ3v) is 7.28. The minimum Gasteiger partial charge on any atom is -0.372 e. The molecule has 2 fully saturated rings. The first-order valence-electron chi connectivity index (χ1n) is 12.0. The van der Waals surface area contributed by atoms with Crippen molar-refractivity contribution in [2.75, 3.05) is 13.1 Å². The molecular weight excluding hydrogens is 376 g/mol. The SMILES string of the molecule is C=C1CCC(CCc2cc(C3CCN(C4=CCCC=C4)CC3)ccc2C(=C)C)C(=C)N1. The lowest BCUT2D eigenvalue weighted by Gasteiger charge is -2.35. The molecule has 0 bridgehead atoms. The fourth-order valence-electron chi connectivity index (χ4n) is 5.36. The van der Waals surface area contributed by atoms with Crippen LogP contribution < -0.4 is 5.32 Å². The summed E-state index contributed by atoms with van der Waals surface area (Å²) in [6, 6.07) is 7.17. The van der Waals surface area contributed by atoms with Crippen molar-refractivity contribution in [2.45, 2.75) is 64.2 Å². The average Bonchev–Trinajstić information content (AvgIpc) is 2.79. The van der Waals surface area contributed by atoms with Crippen molar-refractivity contribution in [2.24, 2.45) is 5.92 Å². The molecule has 3 aliphatic rings. The summed E-state index contributed by atoms with van der Waals surface area (Å²) in [4.78, 5) is 2.57. The Bertz CT molecular complexity index is 909. The molecule has 0 aromatic heterocycles. The monoisotopic (exact) mass is 414 g/mol. The van der Waals surface area contributed by atoms with Gasteiger partial charge in [0.1, 0.15) is 0 Å². The van der Waals surface area contributed by atoms with Crippen LogP contribution in [0.2, 0.25) is 0 Å². The van der Waals surface area contributed by atoms with Crippen LogP contribution in [0.1, 0.15) is 74.5 Å². The van der Waals surface area contributed by atoms with Crippen molar-refractivity contribution < 1.29 is 0 Å². The fourth-order valence-corrected chi connectivity index (χ4v) is 5.36. The summed E-state index contributed by atoms with van der Waals surface area (Å²) in [5.74, 6) is 1.20. The zero-order valence-electron chi connectivity index (χ0n) is 19.3. The Labute approximate surface area is 189 Å². The van der Waals surface area contributed by atoms with E-state index in [1.54, 1.807) is 0 Å². The van der Waals surface area contributed by atoms with Gasteiger partial charge in [0.05, 0.1) is 0 Å². The maximum atomic E-state index is 4.25. The van der Waals surface area contributed by atoms with Gasteiger partial charge in [0.25, 0.3) is 0 Å². The number of piperidine rings is 2. The van der Waals surface area contributed by atoms with E-state index in [-0.39, 0.29) is 0 Å². The molecule has 31 heavy (non-hydrogen) atoms. The molecule has 0 saturated carbocycles. The molecule has 2 aliphatic heterocycles. The maximum Gasteiger partial charge on any atom is 0.0322 e. The number of likely N-dealkylation sites (tertiary alicyclic amines) is 1. The highest BCUT2D eigenvalue weighted by molar-refractivity contribution is 5.65. The van der Waals surface area contributed by atoms with Crippen LogP contribution in [0.3, 0.4) is 0 Å².